The quantitative estimate of drug-likeness (QED) is 0.620. The van der Waals surface area contributed by atoms with E-state index in [0.717, 1.165) is 38.5 Å². The molecule has 0 radical (unpaired) electrons. The highest BCUT2D eigenvalue weighted by atomic mass is 32.1. The third-order valence-electron chi connectivity index (χ3n) is 2.23. The number of carbonyl (C=O) groups is 1. The second-order valence-electron chi connectivity index (χ2n) is 3.07. The van der Waals surface area contributed by atoms with Gasteiger partial charge in [0.1, 0.15) is 0 Å². The van der Waals surface area contributed by atoms with Crippen LogP contribution in [-0.2, 0) is 4.79 Å². The first-order valence-corrected chi connectivity index (χ1v) is 4.96. The van der Waals surface area contributed by atoms with Crippen molar-refractivity contribution in [2.45, 2.75) is 6.92 Å². The molecule has 0 atom stereocenters. The first-order chi connectivity index (χ1) is 5.74. The lowest BCUT2D eigenvalue weighted by atomic mass is 10.3. The first-order valence-electron chi connectivity index (χ1n) is 4.33. The maximum atomic E-state index is 11.0. The fraction of sp³-hybridized carbons (Fsp3) is 0.875. The van der Waals surface area contributed by atoms with E-state index in [1.165, 1.54) is 0 Å². The van der Waals surface area contributed by atoms with E-state index in [4.69, 9.17) is 0 Å². The summed E-state index contributed by atoms with van der Waals surface area (Å²) in [6, 6.07) is 0. The summed E-state index contributed by atoms with van der Waals surface area (Å²) in [5, 5.41) is 0. The first kappa shape index (κ1) is 9.86. The van der Waals surface area contributed by atoms with E-state index in [1.807, 2.05) is 4.90 Å². The van der Waals surface area contributed by atoms with Crippen molar-refractivity contribution in [3.8, 4) is 0 Å². The van der Waals surface area contributed by atoms with Crippen LogP contribution in [0.1, 0.15) is 6.92 Å². The van der Waals surface area contributed by atoms with Crippen LogP contribution in [0.3, 0.4) is 0 Å². The van der Waals surface area contributed by atoms with Gasteiger partial charge in [-0.05, 0) is 0 Å². The van der Waals surface area contributed by atoms with E-state index in [1.54, 1.807) is 6.92 Å². The zero-order chi connectivity index (χ0) is 8.97. The van der Waals surface area contributed by atoms with Gasteiger partial charge < -0.3 is 4.90 Å². The molecular formula is C8H16N2OS. The van der Waals surface area contributed by atoms with Crippen molar-refractivity contribution in [3.05, 3.63) is 0 Å². The van der Waals surface area contributed by atoms with Crippen molar-refractivity contribution >= 4 is 18.5 Å². The standard InChI is InChI=1S/C8H16N2OS/c1-8(11)10-4-2-9(3-5-10)6-7-12/h12H,2-7H2,1H3. The van der Waals surface area contributed by atoms with Crippen LogP contribution < -0.4 is 0 Å². The number of thiol groups is 1. The van der Waals surface area contributed by atoms with Gasteiger partial charge >= 0.3 is 0 Å². The minimum Gasteiger partial charge on any atom is -0.340 e. The molecule has 0 bridgehead atoms. The van der Waals surface area contributed by atoms with Crippen LogP contribution in [0.2, 0.25) is 0 Å². The summed E-state index contributed by atoms with van der Waals surface area (Å²) in [5.74, 6) is 1.10. The molecule has 1 aliphatic heterocycles. The molecule has 70 valence electrons. The fourth-order valence-corrected chi connectivity index (χ4v) is 1.71. The number of piperazine rings is 1. The molecule has 1 fully saturated rings. The second kappa shape index (κ2) is 4.72. The van der Waals surface area contributed by atoms with Crippen molar-refractivity contribution in [1.29, 1.82) is 0 Å². The highest BCUT2D eigenvalue weighted by Crippen LogP contribution is 2.01. The van der Waals surface area contributed by atoms with E-state index in [2.05, 4.69) is 17.5 Å². The number of hydrogen-bond donors (Lipinski definition) is 1. The zero-order valence-corrected chi connectivity index (χ0v) is 8.39. The lowest BCUT2D eigenvalue weighted by Gasteiger charge is -2.33. The van der Waals surface area contributed by atoms with Crippen molar-refractivity contribution in [2.75, 3.05) is 38.5 Å². The Morgan fingerprint density at radius 2 is 1.92 bits per heavy atom. The van der Waals surface area contributed by atoms with Crippen LogP contribution in [0, 0.1) is 0 Å². The normalized spacial score (nSPS) is 19.7. The smallest absolute Gasteiger partial charge is 0.219 e. The van der Waals surface area contributed by atoms with E-state index in [0.29, 0.717) is 0 Å². The molecule has 0 aromatic carbocycles. The summed E-state index contributed by atoms with van der Waals surface area (Å²) in [5.41, 5.74) is 0. The van der Waals surface area contributed by atoms with Crippen LogP contribution in [0.25, 0.3) is 0 Å². The molecule has 3 nitrogen and oxygen atoms in total. The molecule has 0 spiro atoms. The van der Waals surface area contributed by atoms with E-state index in [-0.39, 0.29) is 5.91 Å². The molecule has 12 heavy (non-hydrogen) atoms. The summed E-state index contributed by atoms with van der Waals surface area (Å²) >= 11 is 4.17. The van der Waals surface area contributed by atoms with Gasteiger partial charge in [-0.25, -0.2) is 0 Å². The third-order valence-corrected chi connectivity index (χ3v) is 2.43. The molecule has 0 aromatic rings. The molecule has 1 aliphatic rings. The molecule has 1 heterocycles. The lowest BCUT2D eigenvalue weighted by molar-refractivity contribution is -0.130. The molecule has 1 amide bonds. The average Bonchev–Trinajstić information content (AvgIpc) is 2.06. The van der Waals surface area contributed by atoms with Gasteiger partial charge in [0.2, 0.25) is 5.91 Å². The number of rotatable bonds is 2. The number of carbonyl (C=O) groups excluding carboxylic acids is 1. The molecule has 0 saturated carbocycles. The Morgan fingerprint density at radius 1 is 1.33 bits per heavy atom. The number of amides is 1. The van der Waals surface area contributed by atoms with Crippen molar-refractivity contribution < 1.29 is 4.79 Å². The largest absolute Gasteiger partial charge is 0.340 e. The Morgan fingerprint density at radius 3 is 2.33 bits per heavy atom. The van der Waals surface area contributed by atoms with Gasteiger partial charge in [0.25, 0.3) is 0 Å². The minimum absolute atomic E-state index is 0.195. The lowest BCUT2D eigenvalue weighted by Crippen LogP contribution is -2.48. The van der Waals surface area contributed by atoms with Gasteiger partial charge in [-0.1, -0.05) is 0 Å². The Hall–Kier alpha value is -0.220. The van der Waals surface area contributed by atoms with Crippen LogP contribution in [0.5, 0.6) is 0 Å². The van der Waals surface area contributed by atoms with Crippen molar-refractivity contribution in [3.63, 3.8) is 0 Å². The minimum atomic E-state index is 0.195. The average molecular weight is 188 g/mol. The summed E-state index contributed by atoms with van der Waals surface area (Å²) in [6.45, 7) is 6.43. The molecule has 0 aliphatic carbocycles. The number of hydrogen-bond acceptors (Lipinski definition) is 3. The van der Waals surface area contributed by atoms with Crippen LogP contribution in [0.15, 0.2) is 0 Å². The monoisotopic (exact) mass is 188 g/mol. The van der Waals surface area contributed by atoms with Gasteiger partial charge in [-0.2, -0.15) is 12.6 Å². The zero-order valence-electron chi connectivity index (χ0n) is 7.49. The van der Waals surface area contributed by atoms with Crippen LogP contribution in [-0.4, -0.2) is 54.2 Å². The summed E-state index contributed by atoms with van der Waals surface area (Å²) in [7, 11) is 0. The molecule has 0 unspecified atom stereocenters. The Balaban J connectivity index is 2.25. The summed E-state index contributed by atoms with van der Waals surface area (Å²) in [4.78, 5) is 15.2. The highest BCUT2D eigenvalue weighted by molar-refractivity contribution is 7.80. The van der Waals surface area contributed by atoms with Crippen molar-refractivity contribution in [1.82, 2.24) is 9.80 Å². The van der Waals surface area contributed by atoms with Crippen LogP contribution in [0.4, 0.5) is 0 Å². The Kier molecular flexibility index (Phi) is 3.88. The highest BCUT2D eigenvalue weighted by Gasteiger charge is 2.17. The van der Waals surface area contributed by atoms with Gasteiger partial charge in [0, 0.05) is 45.4 Å². The fourth-order valence-electron chi connectivity index (χ4n) is 1.43. The van der Waals surface area contributed by atoms with Gasteiger partial charge in [-0.3, -0.25) is 9.69 Å². The predicted octanol–water partition coefficient (Wildman–Crippen LogP) is 0.0803. The maximum absolute atomic E-state index is 11.0. The SMILES string of the molecule is CC(=O)N1CCN(CCS)CC1. The molecule has 0 N–H and O–H groups in total. The maximum Gasteiger partial charge on any atom is 0.219 e. The van der Waals surface area contributed by atoms with Gasteiger partial charge in [-0.15, -0.1) is 0 Å². The Labute approximate surface area is 79.1 Å². The van der Waals surface area contributed by atoms with E-state index in [9.17, 15) is 4.79 Å². The summed E-state index contributed by atoms with van der Waals surface area (Å²) in [6.07, 6.45) is 0. The molecule has 0 aromatic heterocycles. The molecular weight excluding hydrogens is 172 g/mol. The van der Waals surface area contributed by atoms with Crippen molar-refractivity contribution in [2.24, 2.45) is 0 Å². The topological polar surface area (TPSA) is 23.6 Å². The summed E-state index contributed by atoms with van der Waals surface area (Å²) < 4.78 is 0. The number of nitrogens with zero attached hydrogens (tertiary/aromatic N) is 2. The van der Waals surface area contributed by atoms with Gasteiger partial charge in [0.15, 0.2) is 0 Å². The molecule has 4 heteroatoms. The molecule has 1 rings (SSSR count). The predicted molar refractivity (Wildman–Crippen MR) is 52.5 cm³/mol. The Bertz CT molecular complexity index is 155. The molecule has 1 saturated heterocycles. The van der Waals surface area contributed by atoms with Gasteiger partial charge in [0.05, 0.1) is 0 Å². The second-order valence-corrected chi connectivity index (χ2v) is 3.52. The van der Waals surface area contributed by atoms with Crippen LogP contribution >= 0.6 is 12.6 Å². The third kappa shape index (κ3) is 2.68. The van der Waals surface area contributed by atoms with E-state index < -0.39 is 0 Å². The van der Waals surface area contributed by atoms with E-state index >= 15 is 0 Å².